The summed E-state index contributed by atoms with van der Waals surface area (Å²) in [5, 5.41) is 7.25. The molecule has 0 unspecified atom stereocenters. The molecule has 0 radical (unpaired) electrons. The van der Waals surface area contributed by atoms with Crippen molar-refractivity contribution in [3.8, 4) is 0 Å². The Morgan fingerprint density at radius 1 is 1.35 bits per heavy atom. The van der Waals surface area contributed by atoms with Gasteiger partial charge in [-0.05, 0) is 31.2 Å². The van der Waals surface area contributed by atoms with Gasteiger partial charge in [0.25, 0.3) is 5.91 Å². The van der Waals surface area contributed by atoms with Gasteiger partial charge >= 0.3 is 0 Å². The van der Waals surface area contributed by atoms with Crippen LogP contribution in [0.2, 0.25) is 0 Å². The fourth-order valence-electron chi connectivity index (χ4n) is 2.88. The third-order valence-electron chi connectivity index (χ3n) is 4.07. The van der Waals surface area contributed by atoms with Crippen LogP contribution in [0.1, 0.15) is 16.1 Å². The second-order valence-corrected chi connectivity index (χ2v) is 6.74. The quantitative estimate of drug-likeness (QED) is 0.855. The Kier molecular flexibility index (Phi) is 5.25. The van der Waals surface area contributed by atoms with Crippen molar-refractivity contribution in [3.63, 3.8) is 0 Å². The molecule has 2 aromatic rings. The summed E-state index contributed by atoms with van der Waals surface area (Å²) in [4.78, 5) is 19.4. The number of nitrogens with one attached hydrogen (secondary N) is 2. The molecule has 0 bridgehead atoms. The van der Waals surface area contributed by atoms with Crippen molar-refractivity contribution in [2.24, 2.45) is 0 Å². The van der Waals surface area contributed by atoms with Gasteiger partial charge in [-0.1, -0.05) is 15.9 Å². The van der Waals surface area contributed by atoms with E-state index in [1.807, 2.05) is 31.2 Å². The number of carbonyl (C=O) groups is 1. The molecule has 0 atom stereocenters. The van der Waals surface area contributed by atoms with E-state index in [0.29, 0.717) is 12.1 Å². The summed E-state index contributed by atoms with van der Waals surface area (Å²) in [7, 11) is 0. The molecule has 1 saturated heterocycles. The molecule has 122 valence electrons. The van der Waals surface area contributed by atoms with Gasteiger partial charge < -0.3 is 10.6 Å². The first-order valence-corrected chi connectivity index (χ1v) is 8.71. The van der Waals surface area contributed by atoms with Gasteiger partial charge in [-0.25, -0.2) is 0 Å². The largest absolute Gasteiger partial charge is 0.351 e. The van der Waals surface area contributed by atoms with Crippen LogP contribution in [0.3, 0.4) is 0 Å². The second-order valence-electron chi connectivity index (χ2n) is 5.82. The zero-order chi connectivity index (χ0) is 16.2. The lowest BCUT2D eigenvalue weighted by Gasteiger charge is -2.27. The summed E-state index contributed by atoms with van der Waals surface area (Å²) in [6, 6.07) is 7.69. The molecule has 0 aliphatic carbocycles. The molecule has 23 heavy (non-hydrogen) atoms. The number of carbonyl (C=O) groups excluding carboxylic acids is 1. The first-order chi connectivity index (χ1) is 11.1. The van der Waals surface area contributed by atoms with E-state index >= 15 is 0 Å². The molecular weight excluding hydrogens is 356 g/mol. The Hall–Kier alpha value is -1.50. The lowest BCUT2D eigenvalue weighted by Crippen LogP contribution is -2.46. The van der Waals surface area contributed by atoms with Crippen LogP contribution in [0.25, 0.3) is 10.9 Å². The summed E-state index contributed by atoms with van der Waals surface area (Å²) in [5.41, 5.74) is 2.39. The van der Waals surface area contributed by atoms with Crippen LogP contribution in [0.5, 0.6) is 0 Å². The van der Waals surface area contributed by atoms with Crippen LogP contribution in [-0.4, -0.2) is 55.1 Å². The number of pyridine rings is 1. The predicted octanol–water partition coefficient (Wildman–Crippen LogP) is 1.94. The molecular formula is C17H21BrN4O. The van der Waals surface area contributed by atoms with E-state index in [0.717, 1.165) is 53.8 Å². The zero-order valence-corrected chi connectivity index (χ0v) is 14.8. The van der Waals surface area contributed by atoms with Gasteiger partial charge in [0.05, 0.1) is 11.1 Å². The van der Waals surface area contributed by atoms with Crippen LogP contribution in [0.4, 0.5) is 0 Å². The third-order valence-corrected chi connectivity index (χ3v) is 4.56. The number of aromatic nitrogens is 1. The fourth-order valence-corrected chi connectivity index (χ4v) is 3.24. The van der Waals surface area contributed by atoms with Gasteiger partial charge in [0.2, 0.25) is 0 Å². The number of benzene rings is 1. The highest BCUT2D eigenvalue weighted by molar-refractivity contribution is 9.10. The third kappa shape index (κ3) is 4.07. The monoisotopic (exact) mass is 376 g/mol. The molecule has 5 nitrogen and oxygen atoms in total. The minimum Gasteiger partial charge on any atom is -0.351 e. The molecule has 6 heteroatoms. The van der Waals surface area contributed by atoms with Crippen molar-refractivity contribution in [1.29, 1.82) is 0 Å². The number of nitrogens with zero attached hydrogens (tertiary/aromatic N) is 2. The number of amides is 1. The van der Waals surface area contributed by atoms with E-state index in [1.54, 1.807) is 0 Å². The highest BCUT2D eigenvalue weighted by atomic mass is 79.9. The smallest absolute Gasteiger partial charge is 0.252 e. The average molecular weight is 377 g/mol. The number of fused-ring (bicyclic) bond motifs is 1. The van der Waals surface area contributed by atoms with Gasteiger partial charge in [-0.15, -0.1) is 0 Å². The van der Waals surface area contributed by atoms with Crippen molar-refractivity contribution in [3.05, 3.63) is 40.0 Å². The molecule has 1 aromatic heterocycles. The van der Waals surface area contributed by atoms with Gasteiger partial charge in [0, 0.05) is 54.8 Å². The summed E-state index contributed by atoms with van der Waals surface area (Å²) < 4.78 is 0.950. The van der Waals surface area contributed by atoms with Crippen molar-refractivity contribution >= 4 is 32.7 Å². The lowest BCUT2D eigenvalue weighted by atomic mass is 10.1. The lowest BCUT2D eigenvalue weighted by molar-refractivity contribution is 0.0949. The zero-order valence-electron chi connectivity index (χ0n) is 13.2. The minimum atomic E-state index is -0.0336. The maximum Gasteiger partial charge on any atom is 0.252 e. The van der Waals surface area contributed by atoms with Crippen molar-refractivity contribution in [2.45, 2.75) is 6.92 Å². The summed E-state index contributed by atoms with van der Waals surface area (Å²) in [6.07, 6.45) is 0. The van der Waals surface area contributed by atoms with E-state index < -0.39 is 0 Å². The number of rotatable bonds is 4. The Morgan fingerprint density at radius 2 is 2.13 bits per heavy atom. The standard InChI is InChI=1S/C17H21BrN4O/c1-12-10-15(14-11-13(18)2-3-16(14)21-12)17(23)20-6-9-22-7-4-19-5-8-22/h2-3,10-11,19H,4-9H2,1H3,(H,20,23). The number of halogens is 1. The number of aryl methyl sites for hydroxylation is 1. The highest BCUT2D eigenvalue weighted by Gasteiger charge is 2.13. The minimum absolute atomic E-state index is 0.0336. The molecule has 2 N–H and O–H groups in total. The first-order valence-electron chi connectivity index (χ1n) is 7.92. The molecule has 0 saturated carbocycles. The maximum atomic E-state index is 12.6. The van der Waals surface area contributed by atoms with Gasteiger partial charge in [-0.2, -0.15) is 0 Å². The van der Waals surface area contributed by atoms with Crippen molar-refractivity contribution < 1.29 is 4.79 Å². The molecule has 1 aromatic carbocycles. The summed E-state index contributed by atoms with van der Waals surface area (Å²) >= 11 is 3.47. The van der Waals surface area contributed by atoms with E-state index in [4.69, 9.17) is 0 Å². The van der Waals surface area contributed by atoms with E-state index in [2.05, 4.69) is 36.4 Å². The topological polar surface area (TPSA) is 57.3 Å². The Bertz CT molecular complexity index is 713. The Morgan fingerprint density at radius 3 is 2.91 bits per heavy atom. The Balaban J connectivity index is 1.71. The average Bonchev–Trinajstić information content (AvgIpc) is 2.55. The normalized spacial score (nSPS) is 15.7. The predicted molar refractivity (Wildman–Crippen MR) is 95.8 cm³/mol. The molecule has 3 rings (SSSR count). The Labute approximate surface area is 144 Å². The second kappa shape index (κ2) is 7.38. The highest BCUT2D eigenvalue weighted by Crippen LogP contribution is 2.22. The van der Waals surface area contributed by atoms with Gasteiger partial charge in [0.15, 0.2) is 0 Å². The summed E-state index contributed by atoms with van der Waals surface area (Å²) in [5.74, 6) is -0.0336. The van der Waals surface area contributed by atoms with Crippen molar-refractivity contribution in [1.82, 2.24) is 20.5 Å². The summed E-state index contributed by atoms with van der Waals surface area (Å²) in [6.45, 7) is 7.60. The van der Waals surface area contributed by atoms with Crippen LogP contribution >= 0.6 is 15.9 Å². The first kappa shape index (κ1) is 16.4. The molecule has 1 fully saturated rings. The maximum absolute atomic E-state index is 12.6. The number of hydrogen-bond acceptors (Lipinski definition) is 4. The number of hydrogen-bond donors (Lipinski definition) is 2. The SMILES string of the molecule is Cc1cc(C(=O)NCCN2CCNCC2)c2cc(Br)ccc2n1. The van der Waals surface area contributed by atoms with Gasteiger partial charge in [-0.3, -0.25) is 14.7 Å². The molecule has 1 aliphatic heterocycles. The fraction of sp³-hybridized carbons (Fsp3) is 0.412. The van der Waals surface area contributed by atoms with Crippen molar-refractivity contribution in [2.75, 3.05) is 39.3 Å². The van der Waals surface area contributed by atoms with E-state index in [-0.39, 0.29) is 5.91 Å². The molecule has 1 amide bonds. The molecule has 0 spiro atoms. The van der Waals surface area contributed by atoms with E-state index in [9.17, 15) is 4.79 Å². The van der Waals surface area contributed by atoms with Crippen LogP contribution in [0, 0.1) is 6.92 Å². The molecule has 1 aliphatic rings. The van der Waals surface area contributed by atoms with Gasteiger partial charge in [0.1, 0.15) is 0 Å². The van der Waals surface area contributed by atoms with E-state index in [1.165, 1.54) is 0 Å². The van der Waals surface area contributed by atoms with Crippen LogP contribution in [0.15, 0.2) is 28.7 Å². The van der Waals surface area contributed by atoms with Crippen LogP contribution < -0.4 is 10.6 Å². The number of piperazine rings is 1. The van der Waals surface area contributed by atoms with Crippen LogP contribution in [-0.2, 0) is 0 Å². The molecule has 2 heterocycles.